The fraction of sp³-hybridized carbons (Fsp3) is 0.200. The number of halogens is 7. The van der Waals surface area contributed by atoms with Crippen LogP contribution >= 0.6 is 0 Å². The molecular formula is C20H13F7N2O3. The standard InChI is InChI=1S/C20H13F7N2O3/c21-13-12(8-3-1-4-9(7-8)32-20(25,26)27)14(22)16(24)17(15(13)23)29-19(31)11-6-2-5-10(11)18(28)30/h1,3-4,7H,2,5-6H2,(H2,28,30)(H,29,31). The van der Waals surface area contributed by atoms with Gasteiger partial charge >= 0.3 is 6.36 Å². The van der Waals surface area contributed by atoms with Crippen LogP contribution in [0.1, 0.15) is 19.3 Å². The Labute approximate surface area is 175 Å². The Morgan fingerprint density at radius 1 is 0.938 bits per heavy atom. The molecule has 0 bridgehead atoms. The molecule has 32 heavy (non-hydrogen) atoms. The summed E-state index contributed by atoms with van der Waals surface area (Å²) in [6.07, 6.45) is -4.54. The lowest BCUT2D eigenvalue weighted by Gasteiger charge is -2.15. The van der Waals surface area contributed by atoms with E-state index in [0.29, 0.717) is 12.5 Å². The topological polar surface area (TPSA) is 81.4 Å². The SMILES string of the molecule is NC(=O)C1=C(C(=O)Nc2c(F)c(F)c(-c3cccc(OC(F)(F)F)c3)c(F)c2F)CCC1. The molecule has 2 aromatic rings. The second kappa shape index (κ2) is 8.52. The molecule has 1 aliphatic rings. The highest BCUT2D eigenvalue weighted by Crippen LogP contribution is 2.37. The van der Waals surface area contributed by atoms with E-state index in [9.17, 15) is 40.3 Å². The van der Waals surface area contributed by atoms with Gasteiger partial charge in [-0.1, -0.05) is 12.1 Å². The number of rotatable bonds is 5. The number of hydrogen-bond acceptors (Lipinski definition) is 3. The molecule has 0 aromatic heterocycles. The molecule has 0 fully saturated rings. The van der Waals surface area contributed by atoms with Crippen molar-refractivity contribution >= 4 is 17.5 Å². The summed E-state index contributed by atoms with van der Waals surface area (Å²) in [5.41, 5.74) is 1.49. The number of ether oxygens (including phenoxy) is 1. The number of carbonyl (C=O) groups is 2. The van der Waals surface area contributed by atoms with Gasteiger partial charge in [0.2, 0.25) is 5.91 Å². The summed E-state index contributed by atoms with van der Waals surface area (Å²) in [5, 5.41) is 1.70. The minimum Gasteiger partial charge on any atom is -0.406 e. The zero-order valence-electron chi connectivity index (χ0n) is 15.9. The first-order valence-electron chi connectivity index (χ1n) is 8.96. The van der Waals surface area contributed by atoms with Crippen LogP contribution < -0.4 is 15.8 Å². The lowest BCUT2D eigenvalue weighted by molar-refractivity contribution is -0.274. The molecule has 0 heterocycles. The minimum absolute atomic E-state index is 0.0579. The smallest absolute Gasteiger partial charge is 0.406 e. The Balaban J connectivity index is 2.03. The first-order valence-corrected chi connectivity index (χ1v) is 8.96. The first-order chi connectivity index (χ1) is 14.9. The maximum atomic E-state index is 14.6. The van der Waals surface area contributed by atoms with Crippen LogP contribution in [0.5, 0.6) is 5.75 Å². The molecular weight excluding hydrogens is 449 g/mol. The summed E-state index contributed by atoms with van der Waals surface area (Å²) in [7, 11) is 0. The Kier molecular flexibility index (Phi) is 6.15. The van der Waals surface area contributed by atoms with Crippen molar-refractivity contribution < 1.29 is 45.1 Å². The van der Waals surface area contributed by atoms with Crippen molar-refractivity contribution in [1.82, 2.24) is 0 Å². The Morgan fingerprint density at radius 3 is 2.09 bits per heavy atom. The molecule has 0 radical (unpaired) electrons. The Bertz CT molecular complexity index is 1110. The fourth-order valence-corrected chi connectivity index (χ4v) is 3.30. The molecule has 3 rings (SSSR count). The van der Waals surface area contributed by atoms with Crippen molar-refractivity contribution in [1.29, 1.82) is 0 Å². The molecule has 170 valence electrons. The average molecular weight is 462 g/mol. The molecule has 5 nitrogen and oxygen atoms in total. The number of benzene rings is 2. The zero-order valence-corrected chi connectivity index (χ0v) is 15.9. The molecule has 0 saturated carbocycles. The molecule has 1 aliphatic carbocycles. The quantitative estimate of drug-likeness (QED) is 0.499. The van der Waals surface area contributed by atoms with E-state index in [4.69, 9.17) is 5.73 Å². The summed E-state index contributed by atoms with van der Waals surface area (Å²) >= 11 is 0. The summed E-state index contributed by atoms with van der Waals surface area (Å²) < 4.78 is 99.1. The van der Waals surface area contributed by atoms with Crippen LogP contribution in [0.2, 0.25) is 0 Å². The summed E-state index contributed by atoms with van der Waals surface area (Å²) in [6.45, 7) is 0. The van der Waals surface area contributed by atoms with E-state index < -0.39 is 64.0 Å². The van der Waals surface area contributed by atoms with Crippen molar-refractivity contribution in [3.05, 3.63) is 58.7 Å². The van der Waals surface area contributed by atoms with Gasteiger partial charge in [0.1, 0.15) is 11.4 Å². The Hall–Kier alpha value is -3.57. The second-order valence-corrected chi connectivity index (χ2v) is 6.71. The van der Waals surface area contributed by atoms with Crippen molar-refractivity contribution in [3.8, 4) is 16.9 Å². The molecule has 0 spiro atoms. The van der Waals surface area contributed by atoms with Crippen molar-refractivity contribution in [2.45, 2.75) is 25.6 Å². The first kappa shape index (κ1) is 23.1. The molecule has 12 heteroatoms. The summed E-state index contributed by atoms with van der Waals surface area (Å²) in [5.74, 6) is -10.9. The highest BCUT2D eigenvalue weighted by molar-refractivity contribution is 6.10. The molecule has 0 saturated heterocycles. The van der Waals surface area contributed by atoms with Crippen molar-refractivity contribution in [2.24, 2.45) is 5.73 Å². The summed E-state index contributed by atoms with van der Waals surface area (Å²) in [4.78, 5) is 23.7. The van der Waals surface area contributed by atoms with Gasteiger partial charge in [-0.25, -0.2) is 17.6 Å². The van der Waals surface area contributed by atoms with E-state index in [2.05, 4.69) is 4.74 Å². The van der Waals surface area contributed by atoms with Crippen LogP contribution in [0.25, 0.3) is 11.1 Å². The third-order valence-corrected chi connectivity index (χ3v) is 4.65. The zero-order chi connectivity index (χ0) is 23.8. The number of primary amides is 1. The second-order valence-electron chi connectivity index (χ2n) is 6.71. The Morgan fingerprint density at radius 2 is 1.53 bits per heavy atom. The average Bonchev–Trinajstić information content (AvgIpc) is 3.19. The van der Waals surface area contributed by atoms with Gasteiger partial charge in [-0.3, -0.25) is 9.59 Å². The van der Waals surface area contributed by atoms with Gasteiger partial charge in [0.15, 0.2) is 23.3 Å². The molecule has 0 unspecified atom stereocenters. The number of amides is 2. The normalized spacial score (nSPS) is 14.0. The van der Waals surface area contributed by atoms with Gasteiger partial charge in [-0.2, -0.15) is 0 Å². The number of nitrogens with two attached hydrogens (primary N) is 1. The van der Waals surface area contributed by atoms with Crippen LogP contribution in [-0.4, -0.2) is 18.2 Å². The predicted octanol–water partition coefficient (Wildman–Crippen LogP) is 4.71. The van der Waals surface area contributed by atoms with Crippen LogP contribution in [0.15, 0.2) is 35.4 Å². The monoisotopic (exact) mass is 462 g/mol. The number of alkyl halides is 3. The van der Waals surface area contributed by atoms with Crippen LogP contribution in [0.4, 0.5) is 36.4 Å². The van der Waals surface area contributed by atoms with Crippen molar-refractivity contribution in [3.63, 3.8) is 0 Å². The van der Waals surface area contributed by atoms with E-state index in [1.54, 1.807) is 5.32 Å². The van der Waals surface area contributed by atoms with Gasteiger partial charge in [0, 0.05) is 11.1 Å². The van der Waals surface area contributed by atoms with E-state index >= 15 is 0 Å². The number of hydrogen-bond donors (Lipinski definition) is 2. The highest BCUT2D eigenvalue weighted by Gasteiger charge is 2.33. The van der Waals surface area contributed by atoms with E-state index in [0.717, 1.165) is 18.2 Å². The van der Waals surface area contributed by atoms with Gasteiger partial charge in [0.05, 0.1) is 5.56 Å². The molecule has 2 aromatic carbocycles. The van der Waals surface area contributed by atoms with E-state index in [-0.39, 0.29) is 24.0 Å². The van der Waals surface area contributed by atoms with Crippen LogP contribution in [-0.2, 0) is 9.59 Å². The molecule has 0 aliphatic heterocycles. The van der Waals surface area contributed by atoms with Gasteiger partial charge in [-0.15, -0.1) is 13.2 Å². The third kappa shape index (κ3) is 4.53. The largest absolute Gasteiger partial charge is 0.573 e. The number of carbonyl (C=O) groups excluding carboxylic acids is 2. The molecule has 2 amide bonds. The van der Waals surface area contributed by atoms with Crippen molar-refractivity contribution in [2.75, 3.05) is 5.32 Å². The molecule has 0 atom stereocenters. The lowest BCUT2D eigenvalue weighted by atomic mass is 10.0. The van der Waals surface area contributed by atoms with Gasteiger partial charge in [0.25, 0.3) is 5.91 Å². The highest BCUT2D eigenvalue weighted by atomic mass is 19.4. The minimum atomic E-state index is -5.11. The fourth-order valence-electron chi connectivity index (χ4n) is 3.30. The third-order valence-electron chi connectivity index (χ3n) is 4.65. The predicted molar refractivity (Wildman–Crippen MR) is 97.1 cm³/mol. The number of nitrogens with one attached hydrogen (secondary N) is 1. The maximum absolute atomic E-state index is 14.6. The molecule has 3 N–H and O–H groups in total. The van der Waals surface area contributed by atoms with Crippen LogP contribution in [0, 0.1) is 23.3 Å². The van der Waals surface area contributed by atoms with E-state index in [1.807, 2.05) is 0 Å². The number of anilines is 1. The maximum Gasteiger partial charge on any atom is 0.573 e. The van der Waals surface area contributed by atoms with Crippen LogP contribution in [0.3, 0.4) is 0 Å². The lowest BCUT2D eigenvalue weighted by Crippen LogP contribution is -2.21. The summed E-state index contributed by atoms with van der Waals surface area (Å²) in [6, 6.07) is 3.19. The van der Waals surface area contributed by atoms with Gasteiger partial charge < -0.3 is 15.8 Å². The van der Waals surface area contributed by atoms with Gasteiger partial charge in [-0.05, 0) is 37.0 Å². The van der Waals surface area contributed by atoms with E-state index in [1.165, 1.54) is 0 Å².